The minimum atomic E-state index is -0.457. The number of halogens is 1. The first-order valence-electron chi connectivity index (χ1n) is 8.77. The normalized spacial score (nSPS) is 17.4. The van der Waals surface area contributed by atoms with Crippen LogP contribution in [0.1, 0.15) is 18.4 Å². The molecule has 0 bridgehead atoms. The summed E-state index contributed by atoms with van der Waals surface area (Å²) in [6.07, 6.45) is 1.22. The number of benzene rings is 2. The van der Waals surface area contributed by atoms with Crippen LogP contribution in [0.25, 0.3) is 0 Å². The average molecular weight is 388 g/mol. The summed E-state index contributed by atoms with van der Waals surface area (Å²) in [7, 11) is 0. The van der Waals surface area contributed by atoms with E-state index < -0.39 is 4.92 Å². The molecule has 0 saturated carbocycles. The lowest BCUT2D eigenvalue weighted by Gasteiger charge is -2.41. The number of amides is 1. The van der Waals surface area contributed by atoms with Gasteiger partial charge in [0.05, 0.1) is 21.3 Å². The van der Waals surface area contributed by atoms with Gasteiger partial charge in [-0.1, -0.05) is 29.8 Å². The molecule has 0 aliphatic carbocycles. The van der Waals surface area contributed by atoms with Crippen LogP contribution in [0.5, 0.6) is 0 Å². The first kappa shape index (κ1) is 17.6. The number of nitrogens with zero attached hydrogens (tertiary/aromatic N) is 3. The van der Waals surface area contributed by atoms with Gasteiger partial charge >= 0.3 is 6.09 Å². The Hall–Kier alpha value is -2.80. The van der Waals surface area contributed by atoms with Gasteiger partial charge in [0.25, 0.3) is 5.69 Å². The van der Waals surface area contributed by atoms with Crippen LogP contribution in [0, 0.1) is 10.1 Å². The summed E-state index contributed by atoms with van der Waals surface area (Å²) >= 11 is 6.25. The highest BCUT2D eigenvalue weighted by molar-refractivity contribution is 6.33. The van der Waals surface area contributed by atoms with Crippen LogP contribution >= 0.6 is 11.6 Å². The number of hydrogen-bond acceptors (Lipinski definition) is 5. The molecule has 2 aliphatic rings. The standard InChI is InChI=1S/C19H18ClN3O4/c20-16-11-15(23(25)26)5-6-18(16)21-9-7-14(8-10-21)22-17-4-2-1-3-13(17)12-27-19(22)24/h1-6,11,14H,7-10,12H2. The Bertz CT molecular complexity index is 896. The molecule has 140 valence electrons. The Morgan fingerprint density at radius 2 is 1.85 bits per heavy atom. The molecule has 2 aliphatic heterocycles. The maximum Gasteiger partial charge on any atom is 0.414 e. The lowest BCUT2D eigenvalue weighted by Crippen LogP contribution is -2.49. The average Bonchev–Trinajstić information content (AvgIpc) is 2.68. The third-order valence-electron chi connectivity index (χ3n) is 5.11. The van der Waals surface area contributed by atoms with E-state index in [2.05, 4.69) is 4.90 Å². The highest BCUT2D eigenvalue weighted by Crippen LogP contribution is 2.35. The van der Waals surface area contributed by atoms with Gasteiger partial charge in [0, 0.05) is 36.8 Å². The molecule has 0 atom stereocenters. The van der Waals surface area contributed by atoms with Gasteiger partial charge in [-0.3, -0.25) is 15.0 Å². The zero-order valence-corrected chi connectivity index (χ0v) is 15.3. The Kier molecular flexibility index (Phi) is 4.61. The van der Waals surface area contributed by atoms with Crippen molar-refractivity contribution in [1.29, 1.82) is 0 Å². The smallest absolute Gasteiger partial charge is 0.414 e. The van der Waals surface area contributed by atoms with Crippen LogP contribution in [0.2, 0.25) is 5.02 Å². The monoisotopic (exact) mass is 387 g/mol. The molecule has 0 N–H and O–H groups in total. The summed E-state index contributed by atoms with van der Waals surface area (Å²) in [5.74, 6) is 0. The zero-order chi connectivity index (χ0) is 19.0. The number of carbonyl (C=O) groups excluding carboxylic acids is 1. The zero-order valence-electron chi connectivity index (χ0n) is 14.5. The molecule has 2 aromatic rings. The molecule has 2 aromatic carbocycles. The molecule has 1 amide bonds. The van der Waals surface area contributed by atoms with E-state index in [9.17, 15) is 14.9 Å². The number of rotatable bonds is 3. The minimum absolute atomic E-state index is 0.0219. The third kappa shape index (κ3) is 3.30. The second-order valence-electron chi connectivity index (χ2n) is 6.66. The maximum atomic E-state index is 12.4. The van der Waals surface area contributed by atoms with Gasteiger partial charge in [0.1, 0.15) is 6.61 Å². The summed E-state index contributed by atoms with van der Waals surface area (Å²) in [6.45, 7) is 1.71. The Balaban J connectivity index is 1.50. The lowest BCUT2D eigenvalue weighted by atomic mass is 10.00. The molecule has 8 heteroatoms. The second kappa shape index (κ2) is 7.08. The van der Waals surface area contributed by atoms with E-state index in [4.69, 9.17) is 16.3 Å². The number of cyclic esters (lactones) is 1. The molecular formula is C19H18ClN3O4. The highest BCUT2D eigenvalue weighted by atomic mass is 35.5. The molecule has 2 heterocycles. The van der Waals surface area contributed by atoms with Gasteiger partial charge in [-0.15, -0.1) is 0 Å². The molecule has 1 fully saturated rings. The lowest BCUT2D eigenvalue weighted by molar-refractivity contribution is -0.384. The SMILES string of the molecule is O=C1OCc2ccccc2N1C1CCN(c2ccc([N+](=O)[O-])cc2Cl)CC1. The van der Waals surface area contributed by atoms with E-state index in [0.29, 0.717) is 24.7 Å². The summed E-state index contributed by atoms with van der Waals surface area (Å²) in [6, 6.07) is 12.4. The van der Waals surface area contributed by atoms with Crippen molar-refractivity contribution in [1.82, 2.24) is 0 Å². The predicted octanol–water partition coefficient (Wildman–Crippen LogP) is 4.37. The predicted molar refractivity (Wildman–Crippen MR) is 102 cm³/mol. The fourth-order valence-electron chi connectivity index (χ4n) is 3.75. The quantitative estimate of drug-likeness (QED) is 0.577. The highest BCUT2D eigenvalue weighted by Gasteiger charge is 2.34. The van der Waals surface area contributed by atoms with Crippen molar-refractivity contribution in [2.24, 2.45) is 0 Å². The van der Waals surface area contributed by atoms with E-state index in [1.165, 1.54) is 12.1 Å². The molecule has 1 saturated heterocycles. The van der Waals surface area contributed by atoms with Crippen LogP contribution in [0.4, 0.5) is 21.9 Å². The molecule has 0 spiro atoms. The number of anilines is 2. The van der Waals surface area contributed by atoms with Crippen molar-refractivity contribution in [3.05, 3.63) is 63.2 Å². The van der Waals surface area contributed by atoms with Crippen molar-refractivity contribution in [3.8, 4) is 0 Å². The number of non-ortho nitro benzene ring substituents is 1. The summed E-state index contributed by atoms with van der Waals surface area (Å²) < 4.78 is 5.32. The Morgan fingerprint density at radius 1 is 1.11 bits per heavy atom. The van der Waals surface area contributed by atoms with Crippen LogP contribution < -0.4 is 9.80 Å². The van der Waals surface area contributed by atoms with E-state index in [0.717, 1.165) is 29.8 Å². The number of nitro benzene ring substituents is 1. The fourth-order valence-corrected chi connectivity index (χ4v) is 4.05. The molecule has 0 radical (unpaired) electrons. The van der Waals surface area contributed by atoms with Gasteiger partial charge in [-0.25, -0.2) is 4.79 Å². The number of ether oxygens (including phenoxy) is 1. The van der Waals surface area contributed by atoms with E-state index >= 15 is 0 Å². The van der Waals surface area contributed by atoms with Crippen LogP contribution in [0.15, 0.2) is 42.5 Å². The second-order valence-corrected chi connectivity index (χ2v) is 7.07. The molecular weight excluding hydrogens is 370 g/mol. The van der Waals surface area contributed by atoms with Gasteiger partial charge in [-0.2, -0.15) is 0 Å². The van der Waals surface area contributed by atoms with E-state index in [1.807, 2.05) is 24.3 Å². The molecule has 4 rings (SSSR count). The number of carbonyl (C=O) groups is 1. The molecule has 7 nitrogen and oxygen atoms in total. The summed E-state index contributed by atoms with van der Waals surface area (Å²) in [4.78, 5) is 26.6. The van der Waals surface area contributed by atoms with Crippen molar-refractivity contribution < 1.29 is 14.5 Å². The van der Waals surface area contributed by atoms with Gasteiger partial charge < -0.3 is 9.64 Å². The Morgan fingerprint density at radius 3 is 2.56 bits per heavy atom. The van der Waals surface area contributed by atoms with Crippen LogP contribution in [0.3, 0.4) is 0 Å². The first-order chi connectivity index (χ1) is 13.0. The first-order valence-corrected chi connectivity index (χ1v) is 9.15. The number of fused-ring (bicyclic) bond motifs is 1. The van der Waals surface area contributed by atoms with E-state index in [-0.39, 0.29) is 17.8 Å². The molecule has 0 unspecified atom stereocenters. The fraction of sp³-hybridized carbons (Fsp3) is 0.316. The van der Waals surface area contributed by atoms with Gasteiger partial charge in [0.2, 0.25) is 0 Å². The Labute approximate surface area is 161 Å². The number of piperidine rings is 1. The van der Waals surface area contributed by atoms with Crippen molar-refractivity contribution >= 4 is 34.8 Å². The number of hydrogen-bond donors (Lipinski definition) is 0. The number of nitro groups is 1. The van der Waals surface area contributed by atoms with Crippen molar-refractivity contribution in [2.75, 3.05) is 22.9 Å². The maximum absolute atomic E-state index is 12.4. The largest absolute Gasteiger partial charge is 0.444 e. The van der Waals surface area contributed by atoms with E-state index in [1.54, 1.807) is 11.0 Å². The van der Waals surface area contributed by atoms with Gasteiger partial charge in [-0.05, 0) is 25.0 Å². The van der Waals surface area contributed by atoms with Gasteiger partial charge in [0.15, 0.2) is 0 Å². The molecule has 27 heavy (non-hydrogen) atoms. The van der Waals surface area contributed by atoms with Crippen LogP contribution in [-0.4, -0.2) is 30.1 Å². The summed E-state index contributed by atoms with van der Waals surface area (Å²) in [5.41, 5.74) is 2.69. The summed E-state index contributed by atoms with van der Waals surface area (Å²) in [5, 5.41) is 11.2. The van der Waals surface area contributed by atoms with Crippen LogP contribution in [-0.2, 0) is 11.3 Å². The van der Waals surface area contributed by atoms with Crippen molar-refractivity contribution in [2.45, 2.75) is 25.5 Å². The number of para-hydroxylation sites is 1. The third-order valence-corrected chi connectivity index (χ3v) is 5.41. The van der Waals surface area contributed by atoms with Crippen molar-refractivity contribution in [3.63, 3.8) is 0 Å². The molecule has 0 aromatic heterocycles. The topological polar surface area (TPSA) is 75.9 Å². The minimum Gasteiger partial charge on any atom is -0.444 e.